The fourth-order valence-electron chi connectivity index (χ4n) is 3.82. The van der Waals surface area contributed by atoms with Crippen LogP contribution in [0.3, 0.4) is 0 Å². The number of imide groups is 2. The number of carbonyl (C=O) groups is 4. The molecule has 11 heteroatoms. The second-order valence-corrected chi connectivity index (χ2v) is 10.1. The molecule has 3 aromatic carbocycles. The summed E-state index contributed by atoms with van der Waals surface area (Å²) in [6.45, 7) is 3.36. The molecule has 200 valence electrons. The minimum Gasteiger partial charge on any atom is -0.493 e. The van der Waals surface area contributed by atoms with Gasteiger partial charge in [0.25, 0.3) is 17.7 Å². The SMILES string of the molecule is COc1cc(/C=C2\C(=O)NC(=O)N(c3cccc(Cl)c3C)C2=O)cc(I)c1OCC(=O)Nc1ccc(C)cc1. The fraction of sp³-hybridized carbons (Fsp3) is 0.143. The Kier molecular flexibility index (Phi) is 8.56. The number of hydrogen-bond acceptors (Lipinski definition) is 6. The van der Waals surface area contributed by atoms with Gasteiger partial charge in [0.05, 0.1) is 16.4 Å². The summed E-state index contributed by atoms with van der Waals surface area (Å²) in [5.74, 6) is -1.36. The second-order valence-electron chi connectivity index (χ2n) is 8.58. The van der Waals surface area contributed by atoms with Crippen molar-refractivity contribution in [1.29, 1.82) is 0 Å². The van der Waals surface area contributed by atoms with Crippen LogP contribution in [0.1, 0.15) is 16.7 Å². The minimum atomic E-state index is -0.868. The van der Waals surface area contributed by atoms with Crippen LogP contribution in [0.2, 0.25) is 5.02 Å². The molecule has 0 atom stereocenters. The molecule has 2 N–H and O–H groups in total. The molecule has 0 saturated carbocycles. The zero-order chi connectivity index (χ0) is 28.3. The lowest BCUT2D eigenvalue weighted by molar-refractivity contribution is -0.122. The number of methoxy groups -OCH3 is 1. The van der Waals surface area contributed by atoms with E-state index in [-0.39, 0.29) is 23.8 Å². The zero-order valence-electron chi connectivity index (χ0n) is 21.1. The number of benzene rings is 3. The van der Waals surface area contributed by atoms with Crippen molar-refractivity contribution < 1.29 is 28.7 Å². The number of anilines is 2. The van der Waals surface area contributed by atoms with Crippen molar-refractivity contribution in [2.75, 3.05) is 23.9 Å². The largest absolute Gasteiger partial charge is 0.493 e. The molecular formula is C28H23ClIN3O6. The lowest BCUT2D eigenvalue weighted by Crippen LogP contribution is -2.54. The van der Waals surface area contributed by atoms with E-state index < -0.39 is 17.8 Å². The number of hydrogen-bond donors (Lipinski definition) is 2. The average Bonchev–Trinajstić information content (AvgIpc) is 2.89. The number of rotatable bonds is 7. The summed E-state index contributed by atoms with van der Waals surface area (Å²) in [6.07, 6.45) is 1.36. The van der Waals surface area contributed by atoms with Gasteiger partial charge in [0.1, 0.15) is 5.57 Å². The number of nitrogens with one attached hydrogen (secondary N) is 2. The number of carbonyl (C=O) groups excluding carboxylic acids is 4. The Morgan fingerprint density at radius 2 is 1.82 bits per heavy atom. The van der Waals surface area contributed by atoms with Crippen molar-refractivity contribution >= 4 is 75.4 Å². The number of halogens is 2. The third-order valence-electron chi connectivity index (χ3n) is 5.83. The van der Waals surface area contributed by atoms with Crippen LogP contribution in [0.5, 0.6) is 11.5 Å². The number of ether oxygens (including phenoxy) is 2. The van der Waals surface area contributed by atoms with Gasteiger partial charge in [0.15, 0.2) is 18.1 Å². The molecule has 0 aromatic heterocycles. The van der Waals surface area contributed by atoms with Gasteiger partial charge in [0, 0.05) is 10.7 Å². The first kappa shape index (κ1) is 28.1. The predicted molar refractivity (Wildman–Crippen MR) is 156 cm³/mol. The first-order valence-electron chi connectivity index (χ1n) is 11.6. The van der Waals surface area contributed by atoms with Crippen LogP contribution in [-0.4, -0.2) is 37.5 Å². The standard InChI is InChI=1S/C28H23ClIN3O6/c1-15-7-9-18(10-8-15)31-24(34)14-39-25-21(30)12-17(13-23(25)38-3)11-19-26(35)32-28(37)33(27(19)36)22-6-4-5-20(29)16(22)2/h4-13H,14H2,1-3H3,(H,31,34)(H,32,35,37)/b19-11+. The Morgan fingerprint density at radius 1 is 1.10 bits per heavy atom. The van der Waals surface area contributed by atoms with E-state index >= 15 is 0 Å². The van der Waals surface area contributed by atoms with Crippen molar-refractivity contribution in [2.45, 2.75) is 13.8 Å². The lowest BCUT2D eigenvalue weighted by Gasteiger charge is -2.27. The van der Waals surface area contributed by atoms with Gasteiger partial charge in [-0.3, -0.25) is 19.7 Å². The van der Waals surface area contributed by atoms with Gasteiger partial charge in [-0.2, -0.15) is 0 Å². The number of amides is 5. The third kappa shape index (κ3) is 6.23. The highest BCUT2D eigenvalue weighted by Crippen LogP contribution is 2.35. The van der Waals surface area contributed by atoms with E-state index in [0.717, 1.165) is 10.5 Å². The lowest BCUT2D eigenvalue weighted by atomic mass is 10.1. The summed E-state index contributed by atoms with van der Waals surface area (Å²) in [6, 6.07) is 14.5. The summed E-state index contributed by atoms with van der Waals surface area (Å²) in [5, 5.41) is 5.33. The molecular weight excluding hydrogens is 637 g/mol. The highest BCUT2D eigenvalue weighted by molar-refractivity contribution is 14.1. The second kappa shape index (κ2) is 11.9. The Morgan fingerprint density at radius 3 is 2.51 bits per heavy atom. The average molecular weight is 660 g/mol. The molecule has 39 heavy (non-hydrogen) atoms. The van der Waals surface area contributed by atoms with Gasteiger partial charge < -0.3 is 14.8 Å². The molecule has 0 unspecified atom stereocenters. The van der Waals surface area contributed by atoms with Crippen molar-refractivity contribution in [1.82, 2.24) is 5.32 Å². The molecule has 0 radical (unpaired) electrons. The molecule has 1 saturated heterocycles. The molecule has 0 aliphatic carbocycles. The molecule has 0 bridgehead atoms. The Labute approximate surface area is 243 Å². The molecule has 1 aliphatic rings. The summed E-state index contributed by atoms with van der Waals surface area (Å²) < 4.78 is 11.8. The smallest absolute Gasteiger partial charge is 0.335 e. The van der Waals surface area contributed by atoms with Crippen LogP contribution >= 0.6 is 34.2 Å². The quantitative estimate of drug-likeness (QED) is 0.204. The monoisotopic (exact) mass is 659 g/mol. The van der Waals surface area contributed by atoms with Gasteiger partial charge in [-0.15, -0.1) is 0 Å². The van der Waals surface area contributed by atoms with Gasteiger partial charge in [-0.25, -0.2) is 9.69 Å². The molecule has 5 amide bonds. The molecule has 1 fully saturated rings. The molecule has 1 heterocycles. The maximum atomic E-state index is 13.3. The Bertz CT molecular complexity index is 1520. The van der Waals surface area contributed by atoms with Crippen LogP contribution in [0.25, 0.3) is 6.08 Å². The minimum absolute atomic E-state index is 0.252. The van der Waals surface area contributed by atoms with Gasteiger partial charge in [-0.1, -0.05) is 35.4 Å². The highest BCUT2D eigenvalue weighted by atomic mass is 127. The highest BCUT2D eigenvalue weighted by Gasteiger charge is 2.37. The molecule has 0 spiro atoms. The van der Waals surface area contributed by atoms with Crippen LogP contribution < -0.4 is 25.0 Å². The number of urea groups is 1. The first-order chi connectivity index (χ1) is 18.6. The first-order valence-corrected chi connectivity index (χ1v) is 13.1. The number of nitrogens with zero attached hydrogens (tertiary/aromatic N) is 1. The van der Waals surface area contributed by atoms with E-state index in [0.29, 0.717) is 36.9 Å². The molecule has 9 nitrogen and oxygen atoms in total. The number of barbiturate groups is 1. The summed E-state index contributed by atoms with van der Waals surface area (Å²) in [7, 11) is 1.43. The van der Waals surface area contributed by atoms with Crippen LogP contribution in [0, 0.1) is 17.4 Å². The van der Waals surface area contributed by atoms with E-state index in [1.165, 1.54) is 13.2 Å². The van der Waals surface area contributed by atoms with E-state index in [1.807, 2.05) is 41.6 Å². The Hall–Kier alpha value is -3.90. The van der Waals surface area contributed by atoms with Crippen molar-refractivity contribution in [3.63, 3.8) is 0 Å². The van der Waals surface area contributed by atoms with E-state index in [4.69, 9.17) is 21.1 Å². The Balaban J connectivity index is 1.57. The summed E-state index contributed by atoms with van der Waals surface area (Å²) in [4.78, 5) is 51.8. The summed E-state index contributed by atoms with van der Waals surface area (Å²) >= 11 is 8.19. The zero-order valence-corrected chi connectivity index (χ0v) is 24.0. The summed E-state index contributed by atoms with van der Waals surface area (Å²) in [5.41, 5.74) is 2.70. The number of aryl methyl sites for hydroxylation is 1. The van der Waals surface area contributed by atoms with Crippen LogP contribution in [0.4, 0.5) is 16.2 Å². The molecule has 3 aromatic rings. The van der Waals surface area contributed by atoms with E-state index in [2.05, 4.69) is 10.6 Å². The van der Waals surface area contributed by atoms with E-state index in [1.54, 1.807) is 49.4 Å². The normalized spacial score (nSPS) is 14.3. The van der Waals surface area contributed by atoms with Gasteiger partial charge in [-0.05, 0) is 90.0 Å². The fourth-order valence-corrected chi connectivity index (χ4v) is 4.77. The maximum Gasteiger partial charge on any atom is 0.335 e. The van der Waals surface area contributed by atoms with Crippen molar-refractivity contribution in [3.05, 3.63) is 85.5 Å². The van der Waals surface area contributed by atoms with Gasteiger partial charge >= 0.3 is 6.03 Å². The molecule has 4 rings (SSSR count). The van der Waals surface area contributed by atoms with Crippen molar-refractivity contribution in [3.8, 4) is 11.5 Å². The topological polar surface area (TPSA) is 114 Å². The predicted octanol–water partition coefficient (Wildman–Crippen LogP) is 5.25. The van der Waals surface area contributed by atoms with E-state index in [9.17, 15) is 19.2 Å². The van der Waals surface area contributed by atoms with Gasteiger partial charge in [0.2, 0.25) is 0 Å². The molecule has 1 aliphatic heterocycles. The van der Waals surface area contributed by atoms with Crippen molar-refractivity contribution in [2.24, 2.45) is 0 Å². The van der Waals surface area contributed by atoms with Crippen LogP contribution in [0.15, 0.2) is 60.2 Å². The van der Waals surface area contributed by atoms with Crippen LogP contribution in [-0.2, 0) is 14.4 Å². The third-order valence-corrected chi connectivity index (χ3v) is 7.04. The maximum absolute atomic E-state index is 13.3.